The Kier molecular flexibility index (Phi) is 10.8. The maximum atomic E-state index is 12.0. The van der Waals surface area contributed by atoms with Crippen LogP contribution in [0.15, 0.2) is 0 Å². The lowest BCUT2D eigenvalue weighted by molar-refractivity contribution is -0.146. The lowest BCUT2D eigenvalue weighted by Crippen LogP contribution is -2.48. The van der Waals surface area contributed by atoms with Crippen LogP contribution < -0.4 is 5.32 Å². The van der Waals surface area contributed by atoms with E-state index in [2.05, 4.69) is 44.8 Å². The lowest BCUT2D eigenvalue weighted by atomic mass is 10.1. The molecule has 0 bridgehead atoms. The first-order chi connectivity index (χ1) is 9.40. The van der Waals surface area contributed by atoms with E-state index in [0.29, 0.717) is 18.4 Å². The van der Waals surface area contributed by atoms with Crippen molar-refractivity contribution in [1.82, 2.24) is 10.2 Å². The second-order valence-electron chi connectivity index (χ2n) is 6.26. The molecule has 4 heteroatoms. The summed E-state index contributed by atoms with van der Waals surface area (Å²) in [6.07, 6.45) is 1.02. The molecule has 1 N–H and O–H groups in total. The number of nitrogens with zero attached hydrogens (tertiary/aromatic N) is 1. The van der Waals surface area contributed by atoms with Crippen molar-refractivity contribution in [3.05, 3.63) is 0 Å². The third-order valence-corrected chi connectivity index (χ3v) is 2.90. The van der Waals surface area contributed by atoms with E-state index in [0.717, 1.165) is 32.6 Å². The third-order valence-electron chi connectivity index (χ3n) is 2.90. The first-order valence-corrected chi connectivity index (χ1v) is 8.02. The normalized spacial score (nSPS) is 13.2. The van der Waals surface area contributed by atoms with Crippen molar-refractivity contribution >= 4 is 5.97 Å². The second kappa shape index (κ2) is 11.1. The summed E-state index contributed by atoms with van der Waals surface area (Å²) in [6, 6.07) is -0.215. The number of hydrogen-bond donors (Lipinski definition) is 1. The van der Waals surface area contributed by atoms with Gasteiger partial charge in [-0.1, -0.05) is 34.6 Å². The minimum Gasteiger partial charge on any atom is -0.465 e. The number of ether oxygens (including phenoxy) is 1. The van der Waals surface area contributed by atoms with Crippen molar-refractivity contribution in [1.29, 1.82) is 0 Å². The van der Waals surface area contributed by atoms with Crippen LogP contribution in [0.25, 0.3) is 0 Å². The Labute approximate surface area is 125 Å². The molecule has 0 rings (SSSR count). The highest BCUT2D eigenvalue weighted by Crippen LogP contribution is 2.06. The molecule has 1 unspecified atom stereocenters. The molecular formula is C16H34N2O2. The number of hydrogen-bond acceptors (Lipinski definition) is 4. The largest absolute Gasteiger partial charge is 0.465 e. The molecule has 0 saturated carbocycles. The number of carbonyl (C=O) groups is 1. The molecule has 120 valence electrons. The van der Waals surface area contributed by atoms with Crippen LogP contribution in [0.3, 0.4) is 0 Å². The van der Waals surface area contributed by atoms with Gasteiger partial charge in [0, 0.05) is 19.6 Å². The minimum absolute atomic E-state index is 0.126. The first kappa shape index (κ1) is 19.4. The summed E-state index contributed by atoms with van der Waals surface area (Å²) in [5, 5.41) is 3.31. The smallest absolute Gasteiger partial charge is 0.324 e. The molecule has 20 heavy (non-hydrogen) atoms. The average Bonchev–Trinajstić information content (AvgIpc) is 2.32. The van der Waals surface area contributed by atoms with Crippen molar-refractivity contribution in [2.75, 3.05) is 32.8 Å². The van der Waals surface area contributed by atoms with Gasteiger partial charge in [-0.3, -0.25) is 4.79 Å². The molecule has 0 amide bonds. The summed E-state index contributed by atoms with van der Waals surface area (Å²) in [5.41, 5.74) is 0. The molecule has 0 aliphatic carbocycles. The van der Waals surface area contributed by atoms with E-state index >= 15 is 0 Å². The second-order valence-corrected chi connectivity index (χ2v) is 6.26. The van der Waals surface area contributed by atoms with Crippen molar-refractivity contribution in [2.45, 2.75) is 54.0 Å². The van der Waals surface area contributed by atoms with Crippen molar-refractivity contribution in [3.8, 4) is 0 Å². The van der Waals surface area contributed by atoms with E-state index in [1.54, 1.807) is 0 Å². The van der Waals surface area contributed by atoms with Gasteiger partial charge in [-0.2, -0.15) is 0 Å². The fourth-order valence-corrected chi connectivity index (χ4v) is 2.30. The summed E-state index contributed by atoms with van der Waals surface area (Å²) in [7, 11) is 0. The van der Waals surface area contributed by atoms with Gasteiger partial charge in [0.05, 0.1) is 6.61 Å². The highest BCUT2D eigenvalue weighted by Gasteiger charge is 2.23. The summed E-state index contributed by atoms with van der Waals surface area (Å²) in [6.45, 7) is 16.9. The van der Waals surface area contributed by atoms with Crippen LogP contribution in [-0.2, 0) is 9.53 Å². The molecule has 0 aromatic rings. The number of carbonyl (C=O) groups excluding carboxylic acids is 1. The fourth-order valence-electron chi connectivity index (χ4n) is 2.30. The van der Waals surface area contributed by atoms with Crippen LogP contribution in [0.2, 0.25) is 0 Å². The van der Waals surface area contributed by atoms with E-state index < -0.39 is 0 Å². The van der Waals surface area contributed by atoms with E-state index in [1.807, 2.05) is 6.92 Å². The average molecular weight is 286 g/mol. The maximum Gasteiger partial charge on any atom is 0.324 e. The molecule has 0 aliphatic rings. The fraction of sp³-hybridized carbons (Fsp3) is 0.938. The quantitative estimate of drug-likeness (QED) is 0.593. The van der Waals surface area contributed by atoms with Crippen molar-refractivity contribution < 1.29 is 9.53 Å². The van der Waals surface area contributed by atoms with E-state index in [4.69, 9.17) is 4.74 Å². The Morgan fingerprint density at radius 1 is 1.05 bits per heavy atom. The summed E-state index contributed by atoms with van der Waals surface area (Å²) in [5.74, 6) is 1.07. The van der Waals surface area contributed by atoms with Gasteiger partial charge in [-0.05, 0) is 31.7 Å². The van der Waals surface area contributed by atoms with Crippen LogP contribution in [0, 0.1) is 11.8 Å². The zero-order valence-corrected chi connectivity index (χ0v) is 14.2. The third kappa shape index (κ3) is 9.32. The Hall–Kier alpha value is -0.610. The summed E-state index contributed by atoms with van der Waals surface area (Å²) >= 11 is 0. The monoisotopic (exact) mass is 286 g/mol. The lowest BCUT2D eigenvalue weighted by Gasteiger charge is -2.29. The highest BCUT2D eigenvalue weighted by molar-refractivity contribution is 5.76. The van der Waals surface area contributed by atoms with Gasteiger partial charge in [0.15, 0.2) is 0 Å². The van der Waals surface area contributed by atoms with Gasteiger partial charge in [0.2, 0.25) is 0 Å². The molecule has 0 radical (unpaired) electrons. The topological polar surface area (TPSA) is 41.6 Å². The standard InChI is InChI=1S/C16H34N2O2/c1-7-9-17-15(16(19)20-8-2)12-18(10-13(3)4)11-14(5)6/h13-15,17H,7-12H2,1-6H3. The van der Waals surface area contributed by atoms with Crippen molar-refractivity contribution in [3.63, 3.8) is 0 Å². The minimum atomic E-state index is -0.215. The van der Waals surface area contributed by atoms with Gasteiger partial charge in [0.1, 0.15) is 6.04 Å². The van der Waals surface area contributed by atoms with Crippen LogP contribution in [0.1, 0.15) is 48.0 Å². The molecule has 0 aromatic carbocycles. The van der Waals surface area contributed by atoms with Crippen LogP contribution in [0.4, 0.5) is 0 Å². The molecule has 0 saturated heterocycles. The zero-order valence-electron chi connectivity index (χ0n) is 14.2. The SMILES string of the molecule is CCCNC(CN(CC(C)C)CC(C)C)C(=O)OCC. The number of esters is 1. The van der Waals surface area contributed by atoms with Gasteiger partial charge in [0.25, 0.3) is 0 Å². The first-order valence-electron chi connectivity index (χ1n) is 8.02. The predicted octanol–water partition coefficient (Wildman–Crippen LogP) is 2.53. The highest BCUT2D eigenvalue weighted by atomic mass is 16.5. The zero-order chi connectivity index (χ0) is 15.5. The Morgan fingerprint density at radius 3 is 2.00 bits per heavy atom. The molecular weight excluding hydrogens is 252 g/mol. The van der Waals surface area contributed by atoms with Gasteiger partial charge in [-0.25, -0.2) is 0 Å². The molecule has 1 atom stereocenters. The number of rotatable bonds is 11. The van der Waals surface area contributed by atoms with Crippen molar-refractivity contribution in [2.24, 2.45) is 11.8 Å². The molecule has 0 aliphatic heterocycles. The molecule has 0 aromatic heterocycles. The van der Waals surface area contributed by atoms with E-state index in [1.165, 1.54) is 0 Å². The summed E-state index contributed by atoms with van der Waals surface area (Å²) < 4.78 is 5.18. The van der Waals surface area contributed by atoms with Crippen LogP contribution in [-0.4, -0.2) is 49.7 Å². The number of nitrogens with one attached hydrogen (secondary N) is 1. The predicted molar refractivity (Wildman–Crippen MR) is 84.8 cm³/mol. The molecule has 0 heterocycles. The maximum absolute atomic E-state index is 12.0. The molecule has 4 nitrogen and oxygen atoms in total. The Bertz CT molecular complexity index is 245. The summed E-state index contributed by atoms with van der Waals surface area (Å²) in [4.78, 5) is 14.4. The van der Waals surface area contributed by atoms with Gasteiger partial charge in [-0.15, -0.1) is 0 Å². The van der Waals surface area contributed by atoms with Gasteiger partial charge < -0.3 is 15.0 Å². The van der Waals surface area contributed by atoms with Crippen LogP contribution >= 0.6 is 0 Å². The molecule has 0 fully saturated rings. The Balaban J connectivity index is 4.62. The van der Waals surface area contributed by atoms with E-state index in [9.17, 15) is 4.79 Å². The van der Waals surface area contributed by atoms with Gasteiger partial charge >= 0.3 is 5.97 Å². The molecule has 0 spiro atoms. The van der Waals surface area contributed by atoms with Crippen LogP contribution in [0.5, 0.6) is 0 Å². The van der Waals surface area contributed by atoms with E-state index in [-0.39, 0.29) is 12.0 Å². The Morgan fingerprint density at radius 2 is 1.60 bits per heavy atom.